The molecule has 21 heavy (non-hydrogen) atoms. The molecule has 0 radical (unpaired) electrons. The zero-order valence-electron chi connectivity index (χ0n) is 12.6. The molecule has 0 spiro atoms. The molecule has 2 aromatic rings. The summed E-state index contributed by atoms with van der Waals surface area (Å²) in [4.78, 5) is 25.4. The number of nitrogens with one attached hydrogen (secondary N) is 3. The Morgan fingerprint density at radius 1 is 1.43 bits per heavy atom. The van der Waals surface area contributed by atoms with Gasteiger partial charge in [-0.3, -0.25) is 14.5 Å². The van der Waals surface area contributed by atoms with Crippen molar-refractivity contribution in [3.63, 3.8) is 0 Å². The average Bonchev–Trinajstić information content (AvgIpc) is 2.92. The third-order valence-corrected chi connectivity index (χ3v) is 3.43. The van der Waals surface area contributed by atoms with E-state index in [9.17, 15) is 9.59 Å². The first kappa shape index (κ1) is 15.0. The Morgan fingerprint density at radius 3 is 2.67 bits per heavy atom. The maximum Gasteiger partial charge on any atom is 0.340 e. The number of nitrogens with zero attached hydrogens (tertiary/aromatic N) is 3. The summed E-state index contributed by atoms with van der Waals surface area (Å²) < 4.78 is 1.92. The van der Waals surface area contributed by atoms with E-state index in [2.05, 4.69) is 25.6 Å². The standard InChI is InChI=1S/C13H20N6O2/c1-5-19-9(4)12(8(3)18-19)7(2)14-11(20)6-10-15-13(21)17-16-10/h7H,5-6H2,1-4H3,(H,14,20)(H2,15,16,17,21)/t7-/m0/s1. The van der Waals surface area contributed by atoms with Crippen LogP contribution in [0.4, 0.5) is 0 Å². The number of carbonyl (C=O) groups is 1. The predicted molar refractivity (Wildman–Crippen MR) is 76.8 cm³/mol. The van der Waals surface area contributed by atoms with E-state index in [1.807, 2.05) is 32.4 Å². The van der Waals surface area contributed by atoms with Crippen molar-refractivity contribution in [3.8, 4) is 0 Å². The molecular formula is C13H20N6O2. The highest BCUT2D eigenvalue weighted by atomic mass is 16.2. The molecule has 0 aliphatic heterocycles. The van der Waals surface area contributed by atoms with Gasteiger partial charge in [0.05, 0.1) is 18.2 Å². The fraction of sp³-hybridized carbons (Fsp3) is 0.538. The molecule has 0 saturated carbocycles. The van der Waals surface area contributed by atoms with Crippen molar-refractivity contribution in [2.75, 3.05) is 0 Å². The number of carbonyl (C=O) groups excluding carboxylic acids is 1. The molecule has 0 aromatic carbocycles. The first-order valence-corrected chi connectivity index (χ1v) is 6.89. The Labute approximate surface area is 122 Å². The van der Waals surface area contributed by atoms with Crippen molar-refractivity contribution in [2.45, 2.75) is 46.7 Å². The van der Waals surface area contributed by atoms with Gasteiger partial charge in [-0.2, -0.15) is 10.2 Å². The number of hydrogen-bond donors (Lipinski definition) is 3. The fourth-order valence-electron chi connectivity index (χ4n) is 2.55. The number of rotatable bonds is 5. The lowest BCUT2D eigenvalue weighted by molar-refractivity contribution is -0.121. The van der Waals surface area contributed by atoms with Crippen LogP contribution in [0.2, 0.25) is 0 Å². The van der Waals surface area contributed by atoms with Gasteiger partial charge < -0.3 is 5.32 Å². The highest BCUT2D eigenvalue weighted by molar-refractivity contribution is 5.78. The van der Waals surface area contributed by atoms with Gasteiger partial charge in [-0.1, -0.05) is 0 Å². The summed E-state index contributed by atoms with van der Waals surface area (Å²) in [7, 11) is 0. The first-order valence-electron chi connectivity index (χ1n) is 6.89. The summed E-state index contributed by atoms with van der Waals surface area (Å²) in [6.07, 6.45) is 0.0308. The number of hydrogen-bond acceptors (Lipinski definition) is 4. The lowest BCUT2D eigenvalue weighted by Crippen LogP contribution is -2.29. The third kappa shape index (κ3) is 3.21. The largest absolute Gasteiger partial charge is 0.349 e. The Morgan fingerprint density at radius 2 is 2.14 bits per heavy atom. The van der Waals surface area contributed by atoms with Gasteiger partial charge in [0.25, 0.3) is 0 Å². The van der Waals surface area contributed by atoms with Gasteiger partial charge in [0.1, 0.15) is 5.82 Å². The molecule has 1 atom stereocenters. The number of amides is 1. The molecule has 114 valence electrons. The number of H-pyrrole nitrogens is 2. The second kappa shape index (κ2) is 5.94. The van der Waals surface area contributed by atoms with Crippen LogP contribution in [0.3, 0.4) is 0 Å². The molecule has 8 heteroatoms. The van der Waals surface area contributed by atoms with Crippen molar-refractivity contribution in [1.29, 1.82) is 0 Å². The average molecular weight is 292 g/mol. The van der Waals surface area contributed by atoms with E-state index in [0.717, 1.165) is 23.5 Å². The zero-order valence-corrected chi connectivity index (χ0v) is 12.6. The minimum atomic E-state index is -0.415. The van der Waals surface area contributed by atoms with E-state index in [4.69, 9.17) is 0 Å². The van der Waals surface area contributed by atoms with Gasteiger partial charge in [-0.25, -0.2) is 9.89 Å². The van der Waals surface area contributed by atoms with Gasteiger partial charge in [0, 0.05) is 17.8 Å². The van der Waals surface area contributed by atoms with Crippen LogP contribution in [0.5, 0.6) is 0 Å². The molecule has 0 saturated heterocycles. The van der Waals surface area contributed by atoms with Crippen LogP contribution < -0.4 is 11.0 Å². The summed E-state index contributed by atoms with van der Waals surface area (Å²) in [5.41, 5.74) is 2.58. The van der Waals surface area contributed by atoms with E-state index in [1.54, 1.807) is 0 Å². The normalized spacial score (nSPS) is 12.4. The maximum absolute atomic E-state index is 12.0. The van der Waals surface area contributed by atoms with Crippen LogP contribution in [-0.2, 0) is 17.8 Å². The monoisotopic (exact) mass is 292 g/mol. The zero-order chi connectivity index (χ0) is 15.6. The summed E-state index contributed by atoms with van der Waals surface area (Å²) >= 11 is 0. The van der Waals surface area contributed by atoms with Crippen molar-refractivity contribution in [1.82, 2.24) is 30.3 Å². The van der Waals surface area contributed by atoms with Gasteiger partial charge in [0.15, 0.2) is 0 Å². The summed E-state index contributed by atoms with van der Waals surface area (Å²) in [6.45, 7) is 8.67. The quantitative estimate of drug-likeness (QED) is 0.739. The highest BCUT2D eigenvalue weighted by Gasteiger charge is 2.19. The molecule has 1 amide bonds. The molecule has 0 aliphatic carbocycles. The Balaban J connectivity index is 2.07. The molecule has 0 bridgehead atoms. The van der Waals surface area contributed by atoms with Crippen LogP contribution in [0.1, 0.15) is 42.7 Å². The van der Waals surface area contributed by atoms with E-state index < -0.39 is 5.69 Å². The summed E-state index contributed by atoms with van der Waals surface area (Å²) in [5.74, 6) is 0.121. The lowest BCUT2D eigenvalue weighted by atomic mass is 10.1. The van der Waals surface area contributed by atoms with Crippen LogP contribution in [0, 0.1) is 13.8 Å². The van der Waals surface area contributed by atoms with Crippen molar-refractivity contribution in [2.24, 2.45) is 0 Å². The molecular weight excluding hydrogens is 272 g/mol. The Bertz CT molecular complexity index is 696. The van der Waals surface area contributed by atoms with Crippen LogP contribution >= 0.6 is 0 Å². The van der Waals surface area contributed by atoms with Gasteiger partial charge >= 0.3 is 5.69 Å². The van der Waals surface area contributed by atoms with E-state index >= 15 is 0 Å². The molecule has 2 heterocycles. The lowest BCUT2D eigenvalue weighted by Gasteiger charge is -2.14. The summed E-state index contributed by atoms with van der Waals surface area (Å²) in [6, 6.07) is -0.150. The van der Waals surface area contributed by atoms with Crippen LogP contribution in [-0.4, -0.2) is 30.9 Å². The molecule has 0 unspecified atom stereocenters. The maximum atomic E-state index is 12.0. The summed E-state index contributed by atoms with van der Waals surface area (Å²) in [5, 5.41) is 13.3. The molecule has 8 nitrogen and oxygen atoms in total. The Kier molecular flexibility index (Phi) is 4.25. The molecule has 2 aromatic heterocycles. The topological polar surface area (TPSA) is 108 Å². The number of aryl methyl sites for hydroxylation is 2. The van der Waals surface area contributed by atoms with Gasteiger partial charge in [0.2, 0.25) is 5.91 Å². The van der Waals surface area contributed by atoms with Gasteiger partial charge in [-0.05, 0) is 27.7 Å². The second-order valence-corrected chi connectivity index (χ2v) is 4.99. The molecule has 2 rings (SSSR count). The first-order chi connectivity index (χ1) is 9.92. The van der Waals surface area contributed by atoms with E-state index in [0.29, 0.717) is 5.82 Å². The minimum Gasteiger partial charge on any atom is -0.349 e. The highest BCUT2D eigenvalue weighted by Crippen LogP contribution is 2.21. The van der Waals surface area contributed by atoms with Crippen molar-refractivity contribution in [3.05, 3.63) is 33.3 Å². The predicted octanol–water partition coefficient (Wildman–Crippen LogP) is 0.351. The molecule has 3 N–H and O–H groups in total. The van der Waals surface area contributed by atoms with Crippen LogP contribution in [0.15, 0.2) is 4.79 Å². The second-order valence-electron chi connectivity index (χ2n) is 4.99. The smallest absolute Gasteiger partial charge is 0.340 e. The minimum absolute atomic E-state index is 0.0308. The fourth-order valence-corrected chi connectivity index (χ4v) is 2.55. The molecule has 0 fully saturated rings. The van der Waals surface area contributed by atoms with E-state index in [1.165, 1.54) is 0 Å². The Hall–Kier alpha value is -2.38. The van der Waals surface area contributed by atoms with E-state index in [-0.39, 0.29) is 18.4 Å². The number of aromatic nitrogens is 5. The third-order valence-electron chi connectivity index (χ3n) is 3.43. The van der Waals surface area contributed by atoms with Crippen molar-refractivity contribution >= 4 is 5.91 Å². The van der Waals surface area contributed by atoms with Crippen LogP contribution in [0.25, 0.3) is 0 Å². The van der Waals surface area contributed by atoms with Crippen molar-refractivity contribution < 1.29 is 4.79 Å². The van der Waals surface area contributed by atoms with Gasteiger partial charge in [-0.15, -0.1) is 0 Å². The SMILES string of the molecule is CCn1nc(C)c([C@H](C)NC(=O)Cc2n[nH]c(=O)[nH]2)c1C. The number of aromatic amines is 2. The molecule has 0 aliphatic rings.